The number of ether oxygens (including phenoxy) is 4. The fourth-order valence-corrected chi connectivity index (χ4v) is 2.94. The Kier molecular flexibility index (Phi) is 6.65. The zero-order chi connectivity index (χ0) is 22.7. The zero-order valence-corrected chi connectivity index (χ0v) is 16.1. The summed E-state index contributed by atoms with van der Waals surface area (Å²) in [7, 11) is 0. The molecule has 0 unspecified atom stereocenters. The van der Waals surface area contributed by atoms with Gasteiger partial charge in [-0.25, -0.2) is 14.4 Å². The summed E-state index contributed by atoms with van der Waals surface area (Å²) in [6.45, 7) is 0.820. The number of aliphatic hydroxyl groups is 1. The van der Waals surface area contributed by atoms with E-state index in [0.29, 0.717) is 0 Å². The molecule has 5 N–H and O–H groups in total. The molecule has 0 amide bonds. The summed E-state index contributed by atoms with van der Waals surface area (Å²) < 4.78 is 22.3. The number of fused-ring (bicyclic) bond motifs is 1. The number of hydrogen-bond acceptors (Lipinski definition) is 13. The van der Waals surface area contributed by atoms with Crippen molar-refractivity contribution in [3.63, 3.8) is 0 Å². The number of nitrogens with zero attached hydrogens (tertiary/aromatic N) is 2. The maximum absolute atomic E-state index is 12.3. The van der Waals surface area contributed by atoms with Crippen molar-refractivity contribution in [2.24, 2.45) is 5.73 Å². The van der Waals surface area contributed by atoms with Crippen molar-refractivity contribution in [3.05, 3.63) is 34.9 Å². The van der Waals surface area contributed by atoms with Gasteiger partial charge in [-0.15, -0.1) is 0 Å². The largest absolute Gasteiger partial charge is 0.462 e. The van der Waals surface area contributed by atoms with Crippen molar-refractivity contribution < 1.29 is 43.6 Å². The van der Waals surface area contributed by atoms with Gasteiger partial charge in [-0.3, -0.25) is 20.0 Å². The van der Waals surface area contributed by atoms with E-state index in [1.807, 2.05) is 0 Å². The van der Waals surface area contributed by atoms with Crippen LogP contribution in [0.5, 0.6) is 0 Å². The molecule has 2 aliphatic rings. The molecule has 2 aliphatic heterocycles. The van der Waals surface area contributed by atoms with E-state index in [1.165, 1.54) is 19.2 Å². The molecule has 0 spiro atoms. The van der Waals surface area contributed by atoms with E-state index in [4.69, 9.17) is 29.9 Å². The zero-order valence-electron chi connectivity index (χ0n) is 16.1. The van der Waals surface area contributed by atoms with Gasteiger partial charge in [0.1, 0.15) is 18.8 Å². The highest BCUT2D eigenvalue weighted by molar-refractivity contribution is 5.92. The first-order valence-corrected chi connectivity index (χ1v) is 9.05. The van der Waals surface area contributed by atoms with Crippen LogP contribution in [0.15, 0.2) is 29.2 Å². The lowest BCUT2D eigenvalue weighted by molar-refractivity contribution is -0.165. The fourth-order valence-electron chi connectivity index (χ4n) is 2.94. The van der Waals surface area contributed by atoms with Gasteiger partial charge < -0.3 is 29.8 Å². The van der Waals surface area contributed by atoms with Gasteiger partial charge >= 0.3 is 23.6 Å². The van der Waals surface area contributed by atoms with E-state index in [-0.39, 0.29) is 5.82 Å². The molecule has 1 aromatic heterocycles. The average Bonchev–Trinajstić information content (AvgIpc) is 3.04. The van der Waals surface area contributed by atoms with E-state index >= 15 is 0 Å². The SMILES string of the molecule is C[C@@H](O)[C@H](N)C(=O)OC[C@H]1O[C@@H](n2ccc(NO)nc2=O)[C@@H]2OC(=O)/C=C\C(=O)O[C@@H]21. The molecule has 1 aromatic rings. The Morgan fingerprint density at radius 1 is 1.29 bits per heavy atom. The summed E-state index contributed by atoms with van der Waals surface area (Å²) in [4.78, 5) is 51.8. The second-order valence-corrected chi connectivity index (χ2v) is 6.71. The number of nitrogens with one attached hydrogen (secondary N) is 1. The highest BCUT2D eigenvalue weighted by Gasteiger charge is 2.51. The summed E-state index contributed by atoms with van der Waals surface area (Å²) >= 11 is 0. The van der Waals surface area contributed by atoms with Crippen molar-refractivity contribution in [3.8, 4) is 0 Å². The van der Waals surface area contributed by atoms with E-state index < -0.39 is 66.9 Å². The number of carbonyl (C=O) groups excluding carboxylic acids is 3. The van der Waals surface area contributed by atoms with Crippen LogP contribution in [0.2, 0.25) is 0 Å². The standard InChI is InChI=1S/C17H20N4O10/c1-7(22)12(18)16(25)28-6-8-13-14(31-11(24)3-2-10(23)30-13)15(29-8)21-5-4-9(20-27)19-17(21)26/h2-5,7-8,12-15,22,27H,6,18H2,1H3,(H,19,20,26)/b3-2-/t7-,8-,12+,13-,14-,15-/m1/s1. The molecule has 0 aromatic carbocycles. The highest BCUT2D eigenvalue weighted by Crippen LogP contribution is 2.34. The molecule has 168 valence electrons. The van der Waals surface area contributed by atoms with Crippen molar-refractivity contribution in [1.29, 1.82) is 0 Å². The smallest absolute Gasteiger partial charge is 0.351 e. The lowest BCUT2D eigenvalue weighted by atomic mass is 10.1. The van der Waals surface area contributed by atoms with Gasteiger partial charge in [-0.1, -0.05) is 0 Å². The number of hydrogen-bond donors (Lipinski definition) is 4. The van der Waals surface area contributed by atoms with Crippen molar-refractivity contribution in [2.45, 2.75) is 43.6 Å². The number of aliphatic hydroxyl groups excluding tert-OH is 1. The van der Waals surface area contributed by atoms with Crippen molar-refractivity contribution in [2.75, 3.05) is 12.1 Å². The van der Waals surface area contributed by atoms with Crippen LogP contribution in [-0.2, 0) is 33.3 Å². The van der Waals surface area contributed by atoms with Gasteiger partial charge in [0.2, 0.25) is 0 Å². The molecule has 1 saturated heterocycles. The van der Waals surface area contributed by atoms with Crippen LogP contribution < -0.4 is 16.9 Å². The van der Waals surface area contributed by atoms with Gasteiger partial charge in [0.25, 0.3) is 0 Å². The van der Waals surface area contributed by atoms with E-state index in [9.17, 15) is 24.3 Å². The molecule has 0 radical (unpaired) electrons. The Bertz CT molecular complexity index is 945. The molecule has 0 aliphatic carbocycles. The molecule has 0 bridgehead atoms. The summed E-state index contributed by atoms with van der Waals surface area (Å²) in [5.41, 5.74) is 6.36. The first-order chi connectivity index (χ1) is 14.7. The minimum Gasteiger partial charge on any atom is -0.462 e. The lowest BCUT2D eigenvalue weighted by Gasteiger charge is -2.25. The van der Waals surface area contributed by atoms with E-state index in [2.05, 4.69) is 4.98 Å². The third-order valence-electron chi connectivity index (χ3n) is 4.55. The quantitative estimate of drug-likeness (QED) is 0.207. The Hall–Kier alpha value is -3.33. The predicted octanol–water partition coefficient (Wildman–Crippen LogP) is -2.41. The molecular weight excluding hydrogens is 420 g/mol. The maximum atomic E-state index is 12.3. The van der Waals surface area contributed by atoms with Gasteiger partial charge in [0, 0.05) is 18.3 Å². The van der Waals surface area contributed by atoms with E-state index in [1.54, 1.807) is 5.48 Å². The van der Waals surface area contributed by atoms with Crippen LogP contribution in [0.3, 0.4) is 0 Å². The highest BCUT2D eigenvalue weighted by atomic mass is 16.7. The monoisotopic (exact) mass is 440 g/mol. The second-order valence-electron chi connectivity index (χ2n) is 6.71. The number of rotatable bonds is 6. The van der Waals surface area contributed by atoms with Gasteiger partial charge in [-0.2, -0.15) is 4.98 Å². The Morgan fingerprint density at radius 3 is 2.52 bits per heavy atom. The lowest BCUT2D eigenvalue weighted by Crippen LogP contribution is -2.45. The van der Waals surface area contributed by atoms with Crippen LogP contribution in [0.25, 0.3) is 0 Å². The maximum Gasteiger partial charge on any atom is 0.351 e. The molecule has 6 atom stereocenters. The van der Waals surface area contributed by atoms with Crippen LogP contribution in [-0.4, -0.2) is 74.8 Å². The molecule has 14 nitrogen and oxygen atoms in total. The molecule has 1 fully saturated rings. The van der Waals surface area contributed by atoms with E-state index in [0.717, 1.165) is 16.7 Å². The number of aromatic nitrogens is 2. The summed E-state index contributed by atoms with van der Waals surface area (Å²) in [6.07, 6.45) is -3.24. The number of nitrogens with two attached hydrogens (primary N) is 1. The fraction of sp³-hybridized carbons (Fsp3) is 0.471. The molecular formula is C17H20N4O10. The normalized spacial score (nSPS) is 28.3. The molecule has 3 heterocycles. The van der Waals surface area contributed by atoms with Crippen LogP contribution in [0, 0.1) is 0 Å². The molecule has 31 heavy (non-hydrogen) atoms. The Balaban J connectivity index is 1.89. The topological polar surface area (TPSA) is 202 Å². The average molecular weight is 440 g/mol. The van der Waals surface area contributed by atoms with Gasteiger partial charge in [0.05, 0.1) is 6.10 Å². The molecule has 3 rings (SSSR count). The second kappa shape index (κ2) is 9.22. The molecule has 14 heteroatoms. The minimum atomic E-state index is -1.32. The minimum absolute atomic E-state index is 0.141. The third kappa shape index (κ3) is 4.88. The number of carbonyl (C=O) groups is 3. The third-order valence-corrected chi connectivity index (χ3v) is 4.55. The first-order valence-electron chi connectivity index (χ1n) is 9.05. The Labute approximate surface area is 174 Å². The van der Waals surface area contributed by atoms with Crippen LogP contribution in [0.1, 0.15) is 13.2 Å². The number of anilines is 1. The predicted molar refractivity (Wildman–Crippen MR) is 97.3 cm³/mol. The number of esters is 3. The Morgan fingerprint density at radius 2 is 1.94 bits per heavy atom. The van der Waals surface area contributed by atoms with Gasteiger partial charge in [-0.05, 0) is 13.0 Å². The first kappa shape index (κ1) is 22.4. The summed E-state index contributed by atoms with van der Waals surface area (Å²) in [6, 6.07) is -0.0789. The van der Waals surface area contributed by atoms with Crippen LogP contribution >= 0.6 is 0 Å². The van der Waals surface area contributed by atoms with Crippen LogP contribution in [0.4, 0.5) is 5.82 Å². The van der Waals surface area contributed by atoms with Gasteiger partial charge in [0.15, 0.2) is 24.3 Å². The van der Waals surface area contributed by atoms with Crippen molar-refractivity contribution >= 4 is 23.7 Å². The van der Waals surface area contributed by atoms with Crippen molar-refractivity contribution in [1.82, 2.24) is 9.55 Å². The molecule has 0 saturated carbocycles. The summed E-state index contributed by atoms with van der Waals surface area (Å²) in [5.74, 6) is -2.84. The summed E-state index contributed by atoms with van der Waals surface area (Å²) in [5, 5.41) is 18.3.